The van der Waals surface area contributed by atoms with E-state index in [9.17, 15) is 14.7 Å². The largest absolute Gasteiger partial charge is 0.394 e. The minimum absolute atomic E-state index is 0.00203. The number of hydrogen-bond acceptors (Lipinski definition) is 3. The average molecular weight is 373 g/mol. The van der Waals surface area contributed by atoms with E-state index >= 15 is 0 Å². The fraction of sp³-hybridized carbons (Fsp3) is 0.524. The van der Waals surface area contributed by atoms with E-state index < -0.39 is 0 Å². The van der Waals surface area contributed by atoms with Crippen molar-refractivity contribution < 1.29 is 14.7 Å². The van der Waals surface area contributed by atoms with Gasteiger partial charge in [-0.25, -0.2) is 4.79 Å². The Morgan fingerprint density at radius 2 is 1.89 bits per heavy atom. The maximum Gasteiger partial charge on any atom is 0.318 e. The summed E-state index contributed by atoms with van der Waals surface area (Å²) in [5, 5.41) is 12.9. The number of urea groups is 1. The highest BCUT2D eigenvalue weighted by Crippen LogP contribution is 2.41. The van der Waals surface area contributed by atoms with E-state index in [1.54, 1.807) is 16.8 Å². The van der Waals surface area contributed by atoms with Gasteiger partial charge in [-0.2, -0.15) is 0 Å². The number of nitrogens with one attached hydrogen (secondary N) is 1. The van der Waals surface area contributed by atoms with Gasteiger partial charge in [0, 0.05) is 32.5 Å². The molecule has 148 valence electrons. The third-order valence-corrected chi connectivity index (χ3v) is 5.06. The standard InChI is InChI=1S/C21H31N3O3/c1-6-7-16-8-10-17(11-9-16)20-18(12-23(5)15(4)26)24(19(20)13-25)21(27)22-14(2)3/h6-11,14,18-20,25H,12-13H2,1-5H3,(H,22,27)/b7-6+/t18-,19+,20+/m1/s1. The summed E-state index contributed by atoms with van der Waals surface area (Å²) in [6.07, 6.45) is 4.01. The summed E-state index contributed by atoms with van der Waals surface area (Å²) >= 11 is 0. The second kappa shape index (κ2) is 9.04. The second-order valence-corrected chi connectivity index (χ2v) is 7.42. The van der Waals surface area contributed by atoms with Crippen molar-refractivity contribution in [3.8, 4) is 0 Å². The van der Waals surface area contributed by atoms with Gasteiger partial charge in [-0.1, -0.05) is 36.4 Å². The predicted molar refractivity (Wildman–Crippen MR) is 107 cm³/mol. The number of aliphatic hydroxyl groups is 1. The van der Waals surface area contributed by atoms with Crippen LogP contribution in [0, 0.1) is 0 Å². The van der Waals surface area contributed by atoms with Gasteiger partial charge in [-0.3, -0.25) is 4.79 Å². The Balaban J connectivity index is 2.31. The molecule has 1 aromatic rings. The van der Waals surface area contributed by atoms with E-state index in [0.717, 1.165) is 11.1 Å². The van der Waals surface area contributed by atoms with Gasteiger partial charge in [0.2, 0.25) is 5.91 Å². The third kappa shape index (κ3) is 4.69. The van der Waals surface area contributed by atoms with E-state index in [2.05, 4.69) is 5.32 Å². The Labute approximate surface area is 161 Å². The summed E-state index contributed by atoms with van der Waals surface area (Å²) in [5.74, 6) is -0.0665. The molecule has 2 N–H and O–H groups in total. The van der Waals surface area contributed by atoms with Gasteiger partial charge in [-0.05, 0) is 31.9 Å². The van der Waals surface area contributed by atoms with Crippen LogP contribution in [0.25, 0.3) is 6.08 Å². The zero-order valence-electron chi connectivity index (χ0n) is 16.8. The minimum atomic E-state index is -0.304. The average Bonchev–Trinajstić information content (AvgIpc) is 2.59. The van der Waals surface area contributed by atoms with Crippen molar-refractivity contribution in [2.75, 3.05) is 20.2 Å². The summed E-state index contributed by atoms with van der Waals surface area (Å²) in [6, 6.07) is 7.47. The molecule has 6 heteroatoms. The lowest BCUT2D eigenvalue weighted by atomic mass is 9.75. The topological polar surface area (TPSA) is 72.9 Å². The summed E-state index contributed by atoms with van der Waals surface area (Å²) in [5.41, 5.74) is 2.17. The SMILES string of the molecule is C/C=C/c1ccc([C@H]2[C@@H](CN(C)C(C)=O)N(C(=O)NC(C)C)[C@H]2CO)cc1. The lowest BCUT2D eigenvalue weighted by molar-refractivity contribution is -0.129. The van der Waals surface area contributed by atoms with Crippen molar-refractivity contribution in [3.05, 3.63) is 41.5 Å². The van der Waals surface area contributed by atoms with Crippen LogP contribution in [0.15, 0.2) is 30.3 Å². The van der Waals surface area contributed by atoms with Gasteiger partial charge in [-0.15, -0.1) is 0 Å². The van der Waals surface area contributed by atoms with Crippen LogP contribution in [0.3, 0.4) is 0 Å². The number of allylic oxidation sites excluding steroid dienone is 1. The number of aliphatic hydroxyl groups excluding tert-OH is 1. The van der Waals surface area contributed by atoms with Crippen molar-refractivity contribution in [2.45, 2.75) is 51.7 Å². The van der Waals surface area contributed by atoms with Crippen LogP contribution in [0.1, 0.15) is 44.7 Å². The van der Waals surface area contributed by atoms with Crippen LogP contribution in [0.2, 0.25) is 0 Å². The van der Waals surface area contributed by atoms with Gasteiger partial charge in [0.05, 0.1) is 18.7 Å². The molecule has 3 atom stereocenters. The van der Waals surface area contributed by atoms with Gasteiger partial charge in [0.1, 0.15) is 0 Å². The van der Waals surface area contributed by atoms with Crippen molar-refractivity contribution in [1.82, 2.24) is 15.1 Å². The molecule has 0 aromatic heterocycles. The van der Waals surface area contributed by atoms with E-state index in [4.69, 9.17) is 0 Å². The molecule has 0 saturated carbocycles. The number of benzene rings is 1. The minimum Gasteiger partial charge on any atom is -0.394 e. The van der Waals surface area contributed by atoms with E-state index in [1.165, 1.54) is 6.92 Å². The fourth-order valence-electron chi connectivity index (χ4n) is 3.65. The molecule has 1 saturated heterocycles. The number of rotatable bonds is 6. The number of nitrogens with zero attached hydrogens (tertiary/aromatic N) is 2. The molecule has 2 rings (SSSR count). The summed E-state index contributed by atoms with van der Waals surface area (Å²) in [7, 11) is 1.74. The molecule has 1 heterocycles. The summed E-state index contributed by atoms with van der Waals surface area (Å²) in [6.45, 7) is 7.60. The molecule has 1 aliphatic heterocycles. The lowest BCUT2D eigenvalue weighted by Gasteiger charge is -2.55. The Hall–Kier alpha value is -2.34. The zero-order chi connectivity index (χ0) is 20.1. The number of hydrogen-bond donors (Lipinski definition) is 2. The summed E-state index contributed by atoms with van der Waals surface area (Å²) in [4.78, 5) is 27.7. The highest BCUT2D eigenvalue weighted by molar-refractivity contribution is 5.77. The predicted octanol–water partition coefficient (Wildman–Crippen LogP) is 2.44. The maximum absolute atomic E-state index is 12.7. The van der Waals surface area contributed by atoms with Gasteiger partial charge >= 0.3 is 6.03 Å². The molecule has 27 heavy (non-hydrogen) atoms. The van der Waals surface area contributed by atoms with Crippen LogP contribution in [0.4, 0.5) is 4.79 Å². The first-order chi connectivity index (χ1) is 12.8. The van der Waals surface area contributed by atoms with Crippen LogP contribution in [0.5, 0.6) is 0 Å². The number of carbonyl (C=O) groups excluding carboxylic acids is 2. The number of carbonyl (C=O) groups is 2. The van der Waals surface area contributed by atoms with Crippen LogP contribution < -0.4 is 5.32 Å². The third-order valence-electron chi connectivity index (χ3n) is 5.06. The Morgan fingerprint density at radius 1 is 1.26 bits per heavy atom. The van der Waals surface area contributed by atoms with Crippen LogP contribution >= 0.6 is 0 Å². The quantitative estimate of drug-likeness (QED) is 0.804. The zero-order valence-corrected chi connectivity index (χ0v) is 16.8. The number of likely N-dealkylation sites (N-methyl/N-ethyl adjacent to an activating group) is 1. The van der Waals surface area contributed by atoms with E-state index in [1.807, 2.05) is 57.2 Å². The Kier molecular flexibility index (Phi) is 7.02. The monoisotopic (exact) mass is 373 g/mol. The van der Waals surface area contributed by atoms with Crippen molar-refractivity contribution in [1.29, 1.82) is 0 Å². The molecule has 0 radical (unpaired) electrons. The molecule has 3 amide bonds. The molecule has 1 aliphatic rings. The highest BCUT2D eigenvalue weighted by atomic mass is 16.3. The number of amides is 3. The fourth-order valence-corrected chi connectivity index (χ4v) is 3.65. The number of likely N-dealkylation sites (tertiary alicyclic amines) is 1. The van der Waals surface area contributed by atoms with Crippen LogP contribution in [-0.4, -0.2) is 65.2 Å². The summed E-state index contributed by atoms with van der Waals surface area (Å²) < 4.78 is 0. The molecular formula is C21H31N3O3. The molecule has 1 aromatic carbocycles. The molecule has 6 nitrogen and oxygen atoms in total. The maximum atomic E-state index is 12.7. The lowest BCUT2D eigenvalue weighted by Crippen LogP contribution is -2.70. The molecule has 0 bridgehead atoms. The van der Waals surface area contributed by atoms with Crippen molar-refractivity contribution >= 4 is 18.0 Å². The second-order valence-electron chi connectivity index (χ2n) is 7.42. The van der Waals surface area contributed by atoms with E-state index in [-0.39, 0.29) is 42.6 Å². The van der Waals surface area contributed by atoms with E-state index in [0.29, 0.717) is 6.54 Å². The molecule has 0 unspecified atom stereocenters. The molecule has 0 aliphatic carbocycles. The molecule has 0 spiro atoms. The highest BCUT2D eigenvalue weighted by Gasteiger charge is 2.51. The normalized spacial score (nSPS) is 22.0. The Bertz CT molecular complexity index is 684. The van der Waals surface area contributed by atoms with Gasteiger partial charge in [0.25, 0.3) is 0 Å². The first-order valence-corrected chi connectivity index (χ1v) is 9.44. The molecular weight excluding hydrogens is 342 g/mol. The molecule has 1 fully saturated rings. The van der Waals surface area contributed by atoms with Gasteiger partial charge in [0.15, 0.2) is 0 Å². The Morgan fingerprint density at radius 3 is 2.37 bits per heavy atom. The van der Waals surface area contributed by atoms with Crippen molar-refractivity contribution in [2.24, 2.45) is 0 Å². The van der Waals surface area contributed by atoms with Crippen molar-refractivity contribution in [3.63, 3.8) is 0 Å². The van der Waals surface area contributed by atoms with Gasteiger partial charge < -0.3 is 20.2 Å². The van der Waals surface area contributed by atoms with Crippen LogP contribution in [-0.2, 0) is 4.79 Å². The first kappa shape index (κ1) is 21.0. The smallest absolute Gasteiger partial charge is 0.318 e. The first-order valence-electron chi connectivity index (χ1n) is 9.44.